The molecule has 1 aromatic carbocycles. The third-order valence-electron chi connectivity index (χ3n) is 8.73. The van der Waals surface area contributed by atoms with Crippen LogP contribution in [0.4, 0.5) is 0 Å². The van der Waals surface area contributed by atoms with Gasteiger partial charge in [-0.05, 0) is 86.3 Å². The maximum absolute atomic E-state index is 10.5. The normalized spacial score (nSPS) is 35.3. The van der Waals surface area contributed by atoms with Crippen LogP contribution in [0.3, 0.4) is 0 Å². The molecule has 162 valence electrons. The molecule has 29 heavy (non-hydrogen) atoms. The number of halogens is 1. The molecule has 4 aliphatic carbocycles. The van der Waals surface area contributed by atoms with E-state index >= 15 is 0 Å². The first-order valence-electron chi connectivity index (χ1n) is 11.8. The van der Waals surface area contributed by atoms with Crippen molar-refractivity contribution in [2.75, 3.05) is 32.8 Å². The quantitative estimate of drug-likeness (QED) is 0.445. The zero-order valence-electron chi connectivity index (χ0n) is 18.0. The first-order chi connectivity index (χ1) is 13.6. The number of nitrogens with zero attached hydrogens (tertiary/aromatic N) is 1. The van der Waals surface area contributed by atoms with Crippen molar-refractivity contribution >= 4 is 0 Å². The number of quaternary nitrogens is 1. The summed E-state index contributed by atoms with van der Waals surface area (Å²) in [6.07, 6.45) is 10.9. The van der Waals surface area contributed by atoms with Crippen molar-refractivity contribution in [3.8, 4) is 5.75 Å². The van der Waals surface area contributed by atoms with Crippen LogP contribution in [0.15, 0.2) is 24.3 Å². The lowest BCUT2D eigenvalue weighted by Crippen LogP contribution is -3.00. The topological polar surface area (TPSA) is 29.5 Å². The molecule has 0 amide bonds. The van der Waals surface area contributed by atoms with E-state index in [9.17, 15) is 5.11 Å². The summed E-state index contributed by atoms with van der Waals surface area (Å²) in [7, 11) is 0. The molecule has 4 bridgehead atoms. The molecule has 1 N–H and O–H groups in total. The van der Waals surface area contributed by atoms with E-state index in [0.29, 0.717) is 12.0 Å². The second-order valence-electron chi connectivity index (χ2n) is 10.7. The average molecular weight is 511 g/mol. The summed E-state index contributed by atoms with van der Waals surface area (Å²) in [4.78, 5) is 0. The summed E-state index contributed by atoms with van der Waals surface area (Å²) in [5.41, 5.74) is 2.01. The van der Waals surface area contributed by atoms with Gasteiger partial charge in [-0.15, -0.1) is 0 Å². The van der Waals surface area contributed by atoms with Gasteiger partial charge in [0.2, 0.25) is 0 Å². The number of aliphatic hydroxyl groups excluding tert-OH is 1. The summed E-state index contributed by atoms with van der Waals surface area (Å²) in [5.74, 6) is 3.86. The fraction of sp³-hybridized carbons (Fsp3) is 0.760. The second-order valence-corrected chi connectivity index (χ2v) is 10.7. The average Bonchev–Trinajstić information content (AvgIpc) is 3.15. The van der Waals surface area contributed by atoms with Crippen molar-refractivity contribution < 1.29 is 38.3 Å². The molecule has 1 heterocycles. The molecule has 5 aliphatic rings. The second kappa shape index (κ2) is 8.66. The van der Waals surface area contributed by atoms with Gasteiger partial charge in [-0.25, -0.2) is 0 Å². The summed E-state index contributed by atoms with van der Waals surface area (Å²) in [6, 6.07) is 8.96. The predicted molar refractivity (Wildman–Crippen MR) is 112 cm³/mol. The van der Waals surface area contributed by atoms with E-state index in [1.807, 2.05) is 0 Å². The monoisotopic (exact) mass is 511 g/mol. The van der Waals surface area contributed by atoms with Gasteiger partial charge in [0, 0.05) is 12.8 Å². The Morgan fingerprint density at radius 2 is 1.55 bits per heavy atom. The van der Waals surface area contributed by atoms with E-state index in [1.165, 1.54) is 64.5 Å². The molecule has 0 aromatic heterocycles. The van der Waals surface area contributed by atoms with Gasteiger partial charge in [-0.3, -0.25) is 0 Å². The van der Waals surface area contributed by atoms with Crippen LogP contribution in [0.1, 0.15) is 63.9 Å². The first kappa shape index (κ1) is 21.9. The van der Waals surface area contributed by atoms with E-state index < -0.39 is 0 Å². The SMILES string of the molecule is CC[N+]1(CC(O)COc2ccc(C34CC5CC(CC(C5)C3)C4)cc2)CCCC1.[I-]. The van der Waals surface area contributed by atoms with Crippen LogP contribution in [0, 0.1) is 17.8 Å². The number of aliphatic hydroxyl groups is 1. The molecule has 0 radical (unpaired) electrons. The molecule has 1 aromatic rings. The lowest BCUT2D eigenvalue weighted by atomic mass is 9.48. The summed E-state index contributed by atoms with van der Waals surface area (Å²) in [6.45, 7) is 7.05. The van der Waals surface area contributed by atoms with Crippen molar-refractivity contribution in [3.63, 3.8) is 0 Å². The van der Waals surface area contributed by atoms with E-state index in [-0.39, 0.29) is 30.1 Å². The zero-order chi connectivity index (χ0) is 19.2. The van der Waals surface area contributed by atoms with Crippen molar-refractivity contribution in [1.82, 2.24) is 0 Å². The fourth-order valence-electron chi connectivity index (χ4n) is 7.70. The largest absolute Gasteiger partial charge is 1.00 e. The molecule has 0 spiro atoms. The maximum Gasteiger partial charge on any atom is 0.137 e. The molecule has 3 nitrogen and oxygen atoms in total. The van der Waals surface area contributed by atoms with Crippen LogP contribution >= 0.6 is 0 Å². The van der Waals surface area contributed by atoms with Crippen molar-refractivity contribution in [2.45, 2.75) is 69.8 Å². The minimum absolute atomic E-state index is 0. The Morgan fingerprint density at radius 1 is 1.00 bits per heavy atom. The molecule has 1 atom stereocenters. The van der Waals surface area contributed by atoms with Crippen molar-refractivity contribution in [2.24, 2.45) is 17.8 Å². The maximum atomic E-state index is 10.5. The third-order valence-corrected chi connectivity index (χ3v) is 8.73. The highest BCUT2D eigenvalue weighted by molar-refractivity contribution is 5.34. The molecule has 4 heteroatoms. The lowest BCUT2D eigenvalue weighted by molar-refractivity contribution is -0.917. The Kier molecular flexibility index (Phi) is 6.54. The van der Waals surface area contributed by atoms with Crippen LogP contribution in [-0.4, -0.2) is 48.5 Å². The molecule has 6 rings (SSSR count). The van der Waals surface area contributed by atoms with Crippen LogP contribution < -0.4 is 28.7 Å². The number of ether oxygens (including phenoxy) is 1. The van der Waals surface area contributed by atoms with Gasteiger partial charge in [-0.2, -0.15) is 0 Å². The smallest absolute Gasteiger partial charge is 0.137 e. The molecule has 5 fully saturated rings. The van der Waals surface area contributed by atoms with E-state index in [2.05, 4.69) is 31.2 Å². The molecule has 4 saturated carbocycles. The van der Waals surface area contributed by atoms with Crippen LogP contribution in [0.5, 0.6) is 5.75 Å². The van der Waals surface area contributed by atoms with Crippen LogP contribution in [0.2, 0.25) is 0 Å². The van der Waals surface area contributed by atoms with Crippen LogP contribution in [-0.2, 0) is 5.41 Å². The van der Waals surface area contributed by atoms with Gasteiger partial charge in [0.25, 0.3) is 0 Å². The van der Waals surface area contributed by atoms with Gasteiger partial charge in [0.05, 0.1) is 19.6 Å². The molecular weight excluding hydrogens is 473 g/mol. The number of likely N-dealkylation sites (tertiary alicyclic amines) is 1. The molecule has 1 aliphatic heterocycles. The summed E-state index contributed by atoms with van der Waals surface area (Å²) >= 11 is 0. The Bertz CT molecular complexity index is 647. The fourth-order valence-corrected chi connectivity index (χ4v) is 7.70. The summed E-state index contributed by atoms with van der Waals surface area (Å²) in [5, 5.41) is 10.5. The standard InChI is InChI=1S/C25H38NO2.HI/c1-2-26(9-3-4-10-26)17-23(27)18-28-24-7-5-22(6-8-24)25-14-19-11-20(15-25)13-21(12-19)16-25;/h5-8,19-21,23,27H,2-4,9-18H2,1H3;1H/q+1;/p-1. The lowest BCUT2D eigenvalue weighted by Gasteiger charge is -2.57. The minimum Gasteiger partial charge on any atom is -1.00 e. The van der Waals surface area contributed by atoms with E-state index in [1.54, 1.807) is 5.56 Å². The Balaban J connectivity index is 0.00000205. The number of benzene rings is 1. The summed E-state index contributed by atoms with van der Waals surface area (Å²) < 4.78 is 7.05. The zero-order valence-corrected chi connectivity index (χ0v) is 20.1. The van der Waals surface area contributed by atoms with Gasteiger partial charge in [0.15, 0.2) is 0 Å². The highest BCUT2D eigenvalue weighted by Gasteiger charge is 2.51. The number of rotatable bonds is 7. The Hall–Kier alpha value is -0.330. The van der Waals surface area contributed by atoms with Gasteiger partial charge >= 0.3 is 0 Å². The van der Waals surface area contributed by atoms with Crippen molar-refractivity contribution in [3.05, 3.63) is 29.8 Å². The van der Waals surface area contributed by atoms with Crippen molar-refractivity contribution in [1.29, 1.82) is 0 Å². The highest BCUT2D eigenvalue weighted by atomic mass is 127. The van der Waals surface area contributed by atoms with E-state index in [0.717, 1.165) is 41.1 Å². The first-order valence-corrected chi connectivity index (χ1v) is 11.8. The Morgan fingerprint density at radius 3 is 2.07 bits per heavy atom. The minimum atomic E-state index is -0.374. The molecule has 1 unspecified atom stereocenters. The predicted octanol–water partition coefficient (Wildman–Crippen LogP) is 1.53. The number of hydrogen-bond acceptors (Lipinski definition) is 2. The molecule has 1 saturated heterocycles. The Labute approximate surface area is 193 Å². The number of hydrogen-bond donors (Lipinski definition) is 1. The van der Waals surface area contributed by atoms with E-state index in [4.69, 9.17) is 4.74 Å². The number of likely N-dealkylation sites (N-methyl/N-ethyl adjacent to an activating group) is 1. The molecular formula is C25H38INO2. The third kappa shape index (κ3) is 4.36. The van der Waals surface area contributed by atoms with Gasteiger partial charge < -0.3 is 38.3 Å². The highest BCUT2D eigenvalue weighted by Crippen LogP contribution is 2.60. The van der Waals surface area contributed by atoms with Gasteiger partial charge in [-0.1, -0.05) is 12.1 Å². The van der Waals surface area contributed by atoms with Crippen LogP contribution in [0.25, 0.3) is 0 Å². The van der Waals surface area contributed by atoms with Gasteiger partial charge in [0.1, 0.15) is 25.0 Å².